The van der Waals surface area contributed by atoms with Gasteiger partial charge >= 0.3 is 0 Å². The minimum Gasteiger partial charge on any atom is -0.324 e. The number of nitrogens with two attached hydrogens (primary N) is 1. The Kier molecular flexibility index (Phi) is 3.26. The van der Waals surface area contributed by atoms with Gasteiger partial charge in [0.05, 0.1) is 0 Å². The molecule has 1 aromatic rings. The first-order valence-electron chi connectivity index (χ1n) is 4.63. The van der Waals surface area contributed by atoms with Crippen molar-refractivity contribution in [1.82, 2.24) is 0 Å². The van der Waals surface area contributed by atoms with Crippen LogP contribution in [0.4, 0.5) is 0 Å². The topological polar surface area (TPSA) is 26.0 Å². The Morgan fingerprint density at radius 2 is 1.77 bits per heavy atom. The molecule has 1 rings (SSSR count). The molecule has 0 aliphatic carbocycles. The molecule has 0 aliphatic rings. The van der Waals surface area contributed by atoms with E-state index in [1.54, 1.807) is 0 Å². The van der Waals surface area contributed by atoms with Crippen LogP contribution in [0.15, 0.2) is 30.8 Å². The van der Waals surface area contributed by atoms with Crippen LogP contribution in [0.2, 0.25) is 0 Å². The first-order valence-corrected chi connectivity index (χ1v) is 4.63. The third-order valence-electron chi connectivity index (χ3n) is 2.28. The molecule has 0 unspecified atom stereocenters. The minimum atomic E-state index is 0.138. The predicted octanol–water partition coefficient (Wildman–Crippen LogP) is 2.99. The molecule has 0 aliphatic heterocycles. The summed E-state index contributed by atoms with van der Waals surface area (Å²) in [6.45, 7) is 7.97. The standard InChI is InChI=1S/C12H17N/c1-4-10-5-7-11(8-6-10)12(13)9(2)3/h4-9,12H,1,13H2,2-3H3/t12-/m0/s1. The van der Waals surface area contributed by atoms with Crippen LogP contribution in [0.25, 0.3) is 6.08 Å². The quantitative estimate of drug-likeness (QED) is 0.751. The van der Waals surface area contributed by atoms with Gasteiger partial charge in [0.1, 0.15) is 0 Å². The second-order valence-corrected chi connectivity index (χ2v) is 3.64. The monoisotopic (exact) mass is 175 g/mol. The van der Waals surface area contributed by atoms with Gasteiger partial charge in [-0.2, -0.15) is 0 Å². The van der Waals surface area contributed by atoms with Crippen LogP contribution in [0.5, 0.6) is 0 Å². The summed E-state index contributed by atoms with van der Waals surface area (Å²) in [6.07, 6.45) is 1.84. The second kappa shape index (κ2) is 4.24. The van der Waals surface area contributed by atoms with Crippen molar-refractivity contribution in [3.8, 4) is 0 Å². The van der Waals surface area contributed by atoms with E-state index >= 15 is 0 Å². The van der Waals surface area contributed by atoms with Gasteiger partial charge in [-0.3, -0.25) is 0 Å². The van der Waals surface area contributed by atoms with Gasteiger partial charge in [-0.05, 0) is 17.0 Å². The van der Waals surface area contributed by atoms with E-state index in [0.717, 1.165) is 5.56 Å². The van der Waals surface area contributed by atoms with Gasteiger partial charge in [-0.25, -0.2) is 0 Å². The third kappa shape index (κ3) is 2.43. The van der Waals surface area contributed by atoms with Gasteiger partial charge in [-0.1, -0.05) is 50.8 Å². The Morgan fingerprint density at radius 1 is 1.23 bits per heavy atom. The average Bonchev–Trinajstić information content (AvgIpc) is 2.17. The lowest BCUT2D eigenvalue weighted by Gasteiger charge is -2.15. The summed E-state index contributed by atoms with van der Waals surface area (Å²) >= 11 is 0. The van der Waals surface area contributed by atoms with Gasteiger partial charge < -0.3 is 5.73 Å². The first-order chi connectivity index (χ1) is 6.15. The zero-order valence-corrected chi connectivity index (χ0v) is 8.33. The Morgan fingerprint density at radius 3 is 2.15 bits per heavy atom. The molecule has 0 spiro atoms. The molecule has 1 aromatic carbocycles. The van der Waals surface area contributed by atoms with E-state index in [1.165, 1.54) is 5.56 Å². The molecular formula is C12H17N. The van der Waals surface area contributed by atoms with Crippen molar-refractivity contribution >= 4 is 6.08 Å². The van der Waals surface area contributed by atoms with Gasteiger partial charge in [0.2, 0.25) is 0 Å². The lowest BCUT2D eigenvalue weighted by Crippen LogP contribution is -2.16. The maximum Gasteiger partial charge on any atom is 0.0318 e. The fourth-order valence-electron chi connectivity index (χ4n) is 1.24. The summed E-state index contributed by atoms with van der Waals surface area (Å²) in [5, 5.41) is 0. The maximum absolute atomic E-state index is 6.00. The van der Waals surface area contributed by atoms with E-state index in [-0.39, 0.29) is 6.04 Å². The van der Waals surface area contributed by atoms with Crippen molar-refractivity contribution in [3.63, 3.8) is 0 Å². The fraction of sp³-hybridized carbons (Fsp3) is 0.333. The van der Waals surface area contributed by atoms with Crippen LogP contribution < -0.4 is 5.73 Å². The molecular weight excluding hydrogens is 158 g/mol. The largest absolute Gasteiger partial charge is 0.324 e. The minimum absolute atomic E-state index is 0.138. The second-order valence-electron chi connectivity index (χ2n) is 3.64. The summed E-state index contributed by atoms with van der Waals surface area (Å²) in [7, 11) is 0. The van der Waals surface area contributed by atoms with Crippen molar-refractivity contribution in [2.24, 2.45) is 11.7 Å². The zero-order chi connectivity index (χ0) is 9.84. The van der Waals surface area contributed by atoms with Crippen LogP contribution in [-0.2, 0) is 0 Å². The Balaban J connectivity index is 2.85. The smallest absolute Gasteiger partial charge is 0.0318 e. The lowest BCUT2D eigenvalue weighted by atomic mass is 9.96. The SMILES string of the molecule is C=Cc1ccc([C@@H](N)C(C)C)cc1. The number of hydrogen-bond donors (Lipinski definition) is 1. The summed E-state index contributed by atoms with van der Waals surface area (Å²) in [5.41, 5.74) is 8.34. The van der Waals surface area contributed by atoms with Crippen LogP contribution in [-0.4, -0.2) is 0 Å². The van der Waals surface area contributed by atoms with E-state index in [1.807, 2.05) is 18.2 Å². The molecule has 1 heteroatoms. The Labute approximate surface area is 80.3 Å². The van der Waals surface area contributed by atoms with E-state index in [0.29, 0.717) is 5.92 Å². The molecule has 0 aromatic heterocycles. The molecule has 1 atom stereocenters. The van der Waals surface area contributed by atoms with Crippen molar-refractivity contribution in [3.05, 3.63) is 42.0 Å². The summed E-state index contributed by atoms with van der Waals surface area (Å²) in [5.74, 6) is 0.481. The van der Waals surface area contributed by atoms with Crippen LogP contribution in [0.3, 0.4) is 0 Å². The lowest BCUT2D eigenvalue weighted by molar-refractivity contribution is 0.514. The van der Waals surface area contributed by atoms with Crippen molar-refractivity contribution < 1.29 is 0 Å². The van der Waals surface area contributed by atoms with Gasteiger partial charge in [0.25, 0.3) is 0 Å². The molecule has 0 saturated heterocycles. The normalized spacial score (nSPS) is 12.9. The van der Waals surface area contributed by atoms with Crippen LogP contribution >= 0.6 is 0 Å². The van der Waals surface area contributed by atoms with E-state index in [2.05, 4.69) is 32.6 Å². The van der Waals surface area contributed by atoms with Crippen LogP contribution in [0, 0.1) is 5.92 Å². The molecule has 0 bridgehead atoms. The molecule has 0 amide bonds. The summed E-state index contributed by atoms with van der Waals surface area (Å²) in [4.78, 5) is 0. The first kappa shape index (κ1) is 10.0. The highest BCUT2D eigenvalue weighted by Crippen LogP contribution is 2.19. The summed E-state index contributed by atoms with van der Waals surface area (Å²) in [6, 6.07) is 8.37. The Hall–Kier alpha value is -1.08. The molecule has 2 N–H and O–H groups in total. The van der Waals surface area contributed by atoms with E-state index in [9.17, 15) is 0 Å². The fourth-order valence-corrected chi connectivity index (χ4v) is 1.24. The molecule has 0 saturated carbocycles. The van der Waals surface area contributed by atoms with Crippen LogP contribution in [0.1, 0.15) is 31.0 Å². The van der Waals surface area contributed by atoms with Gasteiger partial charge in [0.15, 0.2) is 0 Å². The number of benzene rings is 1. The van der Waals surface area contributed by atoms with E-state index < -0.39 is 0 Å². The molecule has 13 heavy (non-hydrogen) atoms. The Bertz CT molecular complexity index is 272. The van der Waals surface area contributed by atoms with Crippen molar-refractivity contribution in [2.45, 2.75) is 19.9 Å². The molecule has 70 valence electrons. The summed E-state index contributed by atoms with van der Waals surface area (Å²) < 4.78 is 0. The highest BCUT2D eigenvalue weighted by molar-refractivity contribution is 5.47. The average molecular weight is 175 g/mol. The third-order valence-corrected chi connectivity index (χ3v) is 2.28. The highest BCUT2D eigenvalue weighted by Gasteiger charge is 2.08. The molecule has 0 heterocycles. The maximum atomic E-state index is 6.00. The number of rotatable bonds is 3. The molecule has 0 radical (unpaired) electrons. The molecule has 1 nitrogen and oxygen atoms in total. The van der Waals surface area contributed by atoms with Gasteiger partial charge in [0, 0.05) is 6.04 Å². The van der Waals surface area contributed by atoms with Crippen molar-refractivity contribution in [2.75, 3.05) is 0 Å². The highest BCUT2D eigenvalue weighted by atomic mass is 14.6. The van der Waals surface area contributed by atoms with Gasteiger partial charge in [-0.15, -0.1) is 0 Å². The number of hydrogen-bond acceptors (Lipinski definition) is 1. The molecule has 0 fully saturated rings. The van der Waals surface area contributed by atoms with E-state index in [4.69, 9.17) is 5.73 Å². The van der Waals surface area contributed by atoms with Crippen molar-refractivity contribution in [1.29, 1.82) is 0 Å². The zero-order valence-electron chi connectivity index (χ0n) is 8.33. The predicted molar refractivity (Wildman–Crippen MR) is 58.3 cm³/mol.